The van der Waals surface area contributed by atoms with Crippen LogP contribution in [-0.2, 0) is 0 Å². The van der Waals surface area contributed by atoms with E-state index in [4.69, 9.17) is 0 Å². The van der Waals surface area contributed by atoms with Crippen LogP contribution in [0.3, 0.4) is 0 Å². The summed E-state index contributed by atoms with van der Waals surface area (Å²) >= 11 is 0. The third-order valence-electron chi connectivity index (χ3n) is 2.14. The Labute approximate surface area is 81.5 Å². The summed E-state index contributed by atoms with van der Waals surface area (Å²) in [4.78, 5) is 9.91. The number of nitro groups is 1. The van der Waals surface area contributed by atoms with Gasteiger partial charge in [0.1, 0.15) is 0 Å². The van der Waals surface area contributed by atoms with Gasteiger partial charge in [-0.2, -0.15) is 0 Å². The zero-order chi connectivity index (χ0) is 10.7. The first-order chi connectivity index (χ1) is 6.57. The van der Waals surface area contributed by atoms with Crippen LogP contribution < -0.4 is 5.32 Å². The van der Waals surface area contributed by atoms with Crippen LogP contribution >= 0.6 is 0 Å². The van der Waals surface area contributed by atoms with Gasteiger partial charge in [0.25, 0.3) is 0 Å². The van der Waals surface area contributed by atoms with Gasteiger partial charge in [0.15, 0.2) is 5.75 Å². The van der Waals surface area contributed by atoms with Gasteiger partial charge in [-0.1, -0.05) is 12.1 Å². The van der Waals surface area contributed by atoms with E-state index in [0.29, 0.717) is 5.56 Å². The molecule has 0 unspecified atom stereocenters. The average Bonchev–Trinajstić information content (AvgIpc) is 2.16. The number of para-hydroxylation sites is 1. The number of hydrogen-bond donors (Lipinski definition) is 2. The van der Waals surface area contributed by atoms with Crippen molar-refractivity contribution >= 4 is 5.69 Å². The zero-order valence-corrected chi connectivity index (χ0v) is 8.02. The van der Waals surface area contributed by atoms with Gasteiger partial charge in [-0.05, 0) is 14.0 Å². The topological polar surface area (TPSA) is 75.4 Å². The first-order valence-corrected chi connectivity index (χ1v) is 4.21. The molecule has 14 heavy (non-hydrogen) atoms. The molecule has 0 aliphatic rings. The summed E-state index contributed by atoms with van der Waals surface area (Å²) in [5.41, 5.74) is 0.270. The van der Waals surface area contributed by atoms with E-state index in [1.165, 1.54) is 6.07 Å². The molecule has 5 heteroatoms. The van der Waals surface area contributed by atoms with Gasteiger partial charge in [0, 0.05) is 17.7 Å². The van der Waals surface area contributed by atoms with Crippen molar-refractivity contribution in [3.05, 3.63) is 33.9 Å². The molecule has 0 aliphatic heterocycles. The molecule has 0 amide bonds. The Morgan fingerprint density at radius 3 is 2.71 bits per heavy atom. The smallest absolute Gasteiger partial charge is 0.311 e. The van der Waals surface area contributed by atoms with Crippen LogP contribution in [0.15, 0.2) is 18.2 Å². The summed E-state index contributed by atoms with van der Waals surface area (Å²) in [6, 6.07) is 4.38. The molecule has 76 valence electrons. The molecule has 0 heterocycles. The summed E-state index contributed by atoms with van der Waals surface area (Å²) in [5.74, 6) is -0.264. The molecule has 0 spiro atoms. The lowest BCUT2D eigenvalue weighted by molar-refractivity contribution is -0.386. The summed E-state index contributed by atoms with van der Waals surface area (Å²) < 4.78 is 0. The zero-order valence-electron chi connectivity index (χ0n) is 8.02. The first kappa shape index (κ1) is 10.5. The van der Waals surface area contributed by atoms with E-state index >= 15 is 0 Å². The maximum Gasteiger partial charge on any atom is 0.311 e. The maximum absolute atomic E-state index is 10.5. The van der Waals surface area contributed by atoms with Gasteiger partial charge in [0.05, 0.1) is 4.92 Å². The third-order valence-corrected chi connectivity index (χ3v) is 2.14. The van der Waals surface area contributed by atoms with Crippen LogP contribution in [0.1, 0.15) is 18.5 Å². The van der Waals surface area contributed by atoms with Crippen molar-refractivity contribution in [2.24, 2.45) is 0 Å². The minimum atomic E-state index is -0.596. The van der Waals surface area contributed by atoms with Crippen molar-refractivity contribution in [3.8, 4) is 5.75 Å². The molecule has 1 rings (SSSR count). The predicted octanol–water partition coefficient (Wildman–Crippen LogP) is 1.58. The quantitative estimate of drug-likeness (QED) is 0.568. The summed E-state index contributed by atoms with van der Waals surface area (Å²) in [6.45, 7) is 1.82. The monoisotopic (exact) mass is 196 g/mol. The van der Waals surface area contributed by atoms with Crippen LogP contribution in [0, 0.1) is 10.1 Å². The highest BCUT2D eigenvalue weighted by Crippen LogP contribution is 2.32. The summed E-state index contributed by atoms with van der Waals surface area (Å²) in [7, 11) is 1.73. The molecule has 1 aromatic carbocycles. The first-order valence-electron chi connectivity index (χ1n) is 4.21. The molecule has 0 saturated carbocycles. The van der Waals surface area contributed by atoms with Crippen molar-refractivity contribution < 1.29 is 10.0 Å². The number of nitrogens with zero attached hydrogens (tertiary/aromatic N) is 1. The molecule has 1 atom stereocenters. The standard InChI is InChI=1S/C9H12N2O3/c1-6(10-2)7-4-3-5-8(9(7)12)11(13)14/h3-6,10,12H,1-2H3/t6-/m1/s1. The van der Waals surface area contributed by atoms with Gasteiger partial charge in [-0.25, -0.2) is 0 Å². The lowest BCUT2D eigenvalue weighted by atomic mass is 10.1. The van der Waals surface area contributed by atoms with E-state index < -0.39 is 4.92 Å². The van der Waals surface area contributed by atoms with Gasteiger partial charge < -0.3 is 10.4 Å². The molecule has 0 bridgehead atoms. The van der Waals surface area contributed by atoms with Crippen LogP contribution in [0.4, 0.5) is 5.69 Å². The second-order valence-corrected chi connectivity index (χ2v) is 2.98. The number of nitro benzene ring substituents is 1. The fraction of sp³-hybridized carbons (Fsp3) is 0.333. The van der Waals surface area contributed by atoms with Crippen molar-refractivity contribution in [2.75, 3.05) is 7.05 Å². The van der Waals surface area contributed by atoms with Crippen LogP contribution in [0.5, 0.6) is 5.75 Å². The van der Waals surface area contributed by atoms with E-state index in [0.717, 1.165) is 0 Å². The van der Waals surface area contributed by atoms with Crippen LogP contribution in [-0.4, -0.2) is 17.1 Å². The van der Waals surface area contributed by atoms with Gasteiger partial charge in [0.2, 0.25) is 0 Å². The lowest BCUT2D eigenvalue weighted by Gasteiger charge is -2.11. The molecule has 5 nitrogen and oxygen atoms in total. The molecule has 0 fully saturated rings. The Morgan fingerprint density at radius 1 is 1.57 bits per heavy atom. The van der Waals surface area contributed by atoms with E-state index in [-0.39, 0.29) is 17.5 Å². The average molecular weight is 196 g/mol. The minimum Gasteiger partial charge on any atom is -0.502 e. The minimum absolute atomic E-state index is 0.116. The molecular weight excluding hydrogens is 184 g/mol. The van der Waals surface area contributed by atoms with E-state index in [9.17, 15) is 15.2 Å². The van der Waals surface area contributed by atoms with E-state index in [1.54, 1.807) is 19.2 Å². The highest BCUT2D eigenvalue weighted by atomic mass is 16.6. The van der Waals surface area contributed by atoms with Crippen LogP contribution in [0.25, 0.3) is 0 Å². The number of hydrogen-bond acceptors (Lipinski definition) is 4. The second kappa shape index (κ2) is 4.06. The number of benzene rings is 1. The second-order valence-electron chi connectivity index (χ2n) is 2.98. The Kier molecular flexibility index (Phi) is 3.03. The Morgan fingerprint density at radius 2 is 2.21 bits per heavy atom. The van der Waals surface area contributed by atoms with Gasteiger partial charge in [-0.3, -0.25) is 10.1 Å². The lowest BCUT2D eigenvalue weighted by Crippen LogP contribution is -2.12. The third kappa shape index (κ3) is 1.82. The molecule has 0 radical (unpaired) electrons. The number of phenols is 1. The Bertz CT molecular complexity index is 352. The fourth-order valence-electron chi connectivity index (χ4n) is 1.20. The summed E-state index contributed by atoms with van der Waals surface area (Å²) in [6.07, 6.45) is 0. The predicted molar refractivity (Wildman–Crippen MR) is 52.2 cm³/mol. The van der Waals surface area contributed by atoms with Gasteiger partial charge in [-0.15, -0.1) is 0 Å². The number of rotatable bonds is 3. The van der Waals surface area contributed by atoms with Crippen LogP contribution in [0.2, 0.25) is 0 Å². The van der Waals surface area contributed by atoms with Gasteiger partial charge >= 0.3 is 5.69 Å². The SMILES string of the molecule is CN[C@H](C)c1cccc([N+](=O)[O-])c1O. The molecule has 0 aliphatic carbocycles. The normalized spacial score (nSPS) is 12.4. The molecule has 2 N–H and O–H groups in total. The Hall–Kier alpha value is -1.62. The summed E-state index contributed by atoms with van der Waals surface area (Å²) in [5, 5.41) is 23.0. The highest BCUT2D eigenvalue weighted by Gasteiger charge is 2.18. The number of aromatic hydroxyl groups is 1. The van der Waals surface area contributed by atoms with E-state index in [1.807, 2.05) is 6.92 Å². The van der Waals surface area contributed by atoms with Crippen molar-refractivity contribution in [2.45, 2.75) is 13.0 Å². The highest BCUT2D eigenvalue weighted by molar-refractivity contribution is 5.51. The fourth-order valence-corrected chi connectivity index (χ4v) is 1.20. The Balaban J connectivity index is 3.20. The van der Waals surface area contributed by atoms with E-state index in [2.05, 4.69) is 5.32 Å². The number of nitrogens with one attached hydrogen (secondary N) is 1. The van der Waals surface area contributed by atoms with Crippen molar-refractivity contribution in [1.29, 1.82) is 0 Å². The number of phenolic OH excluding ortho intramolecular Hbond substituents is 1. The van der Waals surface area contributed by atoms with Crippen molar-refractivity contribution in [1.82, 2.24) is 5.32 Å². The largest absolute Gasteiger partial charge is 0.502 e. The molecule has 0 saturated heterocycles. The molecule has 1 aromatic rings. The molecule has 0 aromatic heterocycles. The maximum atomic E-state index is 10.5. The van der Waals surface area contributed by atoms with Crippen molar-refractivity contribution in [3.63, 3.8) is 0 Å². The molecular formula is C9H12N2O3.